The van der Waals surface area contributed by atoms with Crippen LogP contribution in [-0.2, 0) is 9.59 Å². The second kappa shape index (κ2) is 6.47. The van der Waals surface area contributed by atoms with Crippen LogP contribution in [0.2, 0.25) is 0 Å². The van der Waals surface area contributed by atoms with Crippen molar-refractivity contribution in [3.8, 4) is 0 Å². The van der Waals surface area contributed by atoms with Gasteiger partial charge >= 0.3 is 0 Å². The van der Waals surface area contributed by atoms with E-state index in [0.717, 1.165) is 12.8 Å². The van der Waals surface area contributed by atoms with Crippen molar-refractivity contribution >= 4 is 11.8 Å². The summed E-state index contributed by atoms with van der Waals surface area (Å²) in [6, 6.07) is 10.2. The third-order valence-corrected chi connectivity index (χ3v) is 5.90. The monoisotopic (exact) mass is 340 g/mol. The molecule has 25 heavy (non-hydrogen) atoms. The van der Waals surface area contributed by atoms with Crippen molar-refractivity contribution < 1.29 is 9.59 Å². The molecular formula is C21H28N2O2. The molecule has 0 radical (unpaired) electrons. The minimum Gasteiger partial charge on any atom is -0.350 e. The van der Waals surface area contributed by atoms with Crippen LogP contribution >= 0.6 is 0 Å². The molecule has 1 aromatic carbocycles. The van der Waals surface area contributed by atoms with Gasteiger partial charge in [-0.15, -0.1) is 0 Å². The molecule has 0 aromatic heterocycles. The van der Waals surface area contributed by atoms with E-state index in [-0.39, 0.29) is 29.8 Å². The molecule has 4 nitrogen and oxygen atoms in total. The average molecular weight is 340 g/mol. The summed E-state index contributed by atoms with van der Waals surface area (Å²) in [6.07, 6.45) is 4.02. The Balaban J connectivity index is 1.50. The van der Waals surface area contributed by atoms with Gasteiger partial charge in [-0.3, -0.25) is 9.59 Å². The second-order valence-corrected chi connectivity index (χ2v) is 8.45. The predicted octanol–water partition coefficient (Wildman–Crippen LogP) is 2.94. The molecule has 1 aromatic rings. The molecule has 1 N–H and O–H groups in total. The van der Waals surface area contributed by atoms with Crippen LogP contribution in [0.3, 0.4) is 0 Å². The summed E-state index contributed by atoms with van der Waals surface area (Å²) in [5.74, 6) is 1.61. The Morgan fingerprint density at radius 1 is 1.24 bits per heavy atom. The number of benzene rings is 1. The number of hydrogen-bond donors (Lipinski definition) is 1. The number of carbonyl (C=O) groups is 2. The van der Waals surface area contributed by atoms with Gasteiger partial charge < -0.3 is 10.2 Å². The molecule has 0 spiro atoms. The fraction of sp³-hybridized carbons (Fsp3) is 0.619. The summed E-state index contributed by atoms with van der Waals surface area (Å²) in [5.41, 5.74) is 1.25. The number of hydrogen-bond acceptors (Lipinski definition) is 2. The lowest BCUT2D eigenvalue weighted by atomic mass is 9.96. The van der Waals surface area contributed by atoms with Crippen LogP contribution in [0.25, 0.3) is 0 Å². The van der Waals surface area contributed by atoms with Crippen molar-refractivity contribution in [2.24, 2.45) is 17.8 Å². The van der Waals surface area contributed by atoms with Gasteiger partial charge in [0.05, 0.1) is 0 Å². The van der Waals surface area contributed by atoms with Crippen LogP contribution in [0.5, 0.6) is 0 Å². The van der Waals surface area contributed by atoms with E-state index >= 15 is 0 Å². The van der Waals surface area contributed by atoms with Gasteiger partial charge in [0.15, 0.2) is 0 Å². The maximum absolute atomic E-state index is 13.2. The smallest absolute Gasteiger partial charge is 0.243 e. The predicted molar refractivity (Wildman–Crippen MR) is 96.9 cm³/mol. The molecule has 2 amide bonds. The zero-order chi connectivity index (χ0) is 17.6. The normalized spacial score (nSPS) is 31.8. The molecule has 134 valence electrons. The third-order valence-electron chi connectivity index (χ3n) is 5.90. The summed E-state index contributed by atoms with van der Waals surface area (Å²) in [5, 5.41) is 3.19. The molecule has 0 unspecified atom stereocenters. The molecule has 4 atom stereocenters. The number of amides is 2. The van der Waals surface area contributed by atoms with E-state index in [9.17, 15) is 9.59 Å². The lowest BCUT2D eigenvalue weighted by Crippen LogP contribution is -2.62. The van der Waals surface area contributed by atoms with Crippen LogP contribution in [0.4, 0.5) is 0 Å². The Hall–Kier alpha value is -1.84. The van der Waals surface area contributed by atoms with E-state index in [1.807, 2.05) is 23.1 Å². The van der Waals surface area contributed by atoms with Gasteiger partial charge in [0.1, 0.15) is 6.04 Å². The van der Waals surface area contributed by atoms with E-state index in [0.29, 0.717) is 24.3 Å². The van der Waals surface area contributed by atoms with Crippen molar-refractivity contribution in [3.05, 3.63) is 35.9 Å². The van der Waals surface area contributed by atoms with E-state index in [2.05, 4.69) is 31.3 Å². The highest BCUT2D eigenvalue weighted by molar-refractivity contribution is 5.91. The first-order valence-corrected chi connectivity index (χ1v) is 9.70. The summed E-state index contributed by atoms with van der Waals surface area (Å²) in [7, 11) is 0. The number of piperazine rings is 1. The number of nitrogens with zero attached hydrogens (tertiary/aromatic N) is 1. The zero-order valence-electron chi connectivity index (χ0n) is 15.2. The molecule has 0 bridgehead atoms. The van der Waals surface area contributed by atoms with E-state index in [1.165, 1.54) is 18.4 Å². The first kappa shape index (κ1) is 16.6. The summed E-state index contributed by atoms with van der Waals surface area (Å²) < 4.78 is 0. The van der Waals surface area contributed by atoms with Gasteiger partial charge in [0.25, 0.3) is 0 Å². The Kier molecular flexibility index (Phi) is 4.30. The van der Waals surface area contributed by atoms with Gasteiger partial charge in [-0.05, 0) is 49.0 Å². The largest absolute Gasteiger partial charge is 0.350 e. The van der Waals surface area contributed by atoms with Gasteiger partial charge in [0, 0.05) is 18.5 Å². The van der Waals surface area contributed by atoms with Crippen LogP contribution in [0, 0.1) is 17.8 Å². The van der Waals surface area contributed by atoms with Gasteiger partial charge in [-0.2, -0.15) is 0 Å². The lowest BCUT2D eigenvalue weighted by molar-refractivity contribution is -0.146. The lowest BCUT2D eigenvalue weighted by Gasteiger charge is -2.40. The molecule has 3 aliphatic rings. The number of nitrogens with one attached hydrogen (secondary N) is 1. The molecule has 2 aliphatic carbocycles. The highest BCUT2D eigenvalue weighted by Crippen LogP contribution is 2.49. The zero-order valence-corrected chi connectivity index (χ0v) is 15.2. The fourth-order valence-corrected chi connectivity index (χ4v) is 4.24. The molecule has 4 rings (SSSR count). The maximum Gasteiger partial charge on any atom is 0.243 e. The van der Waals surface area contributed by atoms with Gasteiger partial charge in [0.2, 0.25) is 11.8 Å². The van der Waals surface area contributed by atoms with E-state index < -0.39 is 0 Å². The molecule has 2 saturated carbocycles. The third kappa shape index (κ3) is 3.44. The van der Waals surface area contributed by atoms with Crippen LogP contribution in [0.15, 0.2) is 30.3 Å². The Bertz CT molecular complexity index is 653. The van der Waals surface area contributed by atoms with E-state index in [4.69, 9.17) is 0 Å². The molecule has 1 aliphatic heterocycles. The van der Waals surface area contributed by atoms with Crippen molar-refractivity contribution in [3.63, 3.8) is 0 Å². The average Bonchev–Trinajstić information content (AvgIpc) is 3.48. The first-order valence-electron chi connectivity index (χ1n) is 9.70. The fourth-order valence-electron chi connectivity index (χ4n) is 4.24. The van der Waals surface area contributed by atoms with Gasteiger partial charge in [-0.25, -0.2) is 0 Å². The topological polar surface area (TPSA) is 49.4 Å². The highest BCUT2D eigenvalue weighted by atomic mass is 16.2. The molecule has 4 heteroatoms. The summed E-state index contributed by atoms with van der Waals surface area (Å²) >= 11 is 0. The van der Waals surface area contributed by atoms with Crippen LogP contribution in [-0.4, -0.2) is 35.3 Å². The minimum absolute atomic E-state index is 0.0575. The summed E-state index contributed by atoms with van der Waals surface area (Å²) in [6.45, 7) is 4.93. The minimum atomic E-state index is -0.292. The number of rotatable bonds is 5. The van der Waals surface area contributed by atoms with Crippen molar-refractivity contribution in [2.45, 2.75) is 57.5 Å². The highest BCUT2D eigenvalue weighted by Gasteiger charge is 2.50. The van der Waals surface area contributed by atoms with Crippen LogP contribution < -0.4 is 5.32 Å². The summed E-state index contributed by atoms with van der Waals surface area (Å²) in [4.78, 5) is 27.8. The van der Waals surface area contributed by atoms with E-state index in [1.54, 1.807) is 0 Å². The second-order valence-electron chi connectivity index (χ2n) is 8.45. The Morgan fingerprint density at radius 2 is 1.96 bits per heavy atom. The van der Waals surface area contributed by atoms with Crippen molar-refractivity contribution in [1.29, 1.82) is 0 Å². The maximum atomic E-state index is 13.2. The van der Waals surface area contributed by atoms with Crippen molar-refractivity contribution in [2.75, 3.05) is 6.54 Å². The molecule has 1 saturated heterocycles. The SMILES string of the molecule is CC(C)C[C@H]1C(=O)N[C@@H](C2CC2)CN1C(=O)[C@@H]1C[C@H]1c1ccccc1. The molecule has 1 heterocycles. The van der Waals surface area contributed by atoms with Gasteiger partial charge in [-0.1, -0.05) is 44.2 Å². The Morgan fingerprint density at radius 3 is 2.60 bits per heavy atom. The Labute approximate surface area is 150 Å². The van der Waals surface area contributed by atoms with Crippen molar-refractivity contribution in [1.82, 2.24) is 10.2 Å². The first-order chi connectivity index (χ1) is 12.0. The number of carbonyl (C=O) groups excluding carboxylic acids is 2. The van der Waals surface area contributed by atoms with Crippen LogP contribution in [0.1, 0.15) is 51.0 Å². The quantitative estimate of drug-likeness (QED) is 0.896. The molecular weight excluding hydrogens is 312 g/mol. The molecule has 3 fully saturated rings. The standard InChI is InChI=1S/C21H28N2O2/c1-13(2)10-19-20(24)22-18(15-8-9-15)12-23(19)21(25)17-11-16(17)14-6-4-3-5-7-14/h3-7,13,15-19H,8-12H2,1-2H3,(H,22,24)/t16-,17+,18+,19-/m0/s1.